The zero-order chi connectivity index (χ0) is 12.3. The highest BCUT2D eigenvalue weighted by Crippen LogP contribution is 2.23. The number of aromatic nitrogens is 2. The molecule has 0 radical (unpaired) electrons. The molecule has 92 valence electrons. The van der Waals surface area contributed by atoms with Gasteiger partial charge in [0.25, 0.3) is 0 Å². The normalized spacial score (nSPS) is 19.2. The fourth-order valence-electron chi connectivity index (χ4n) is 2.03. The van der Waals surface area contributed by atoms with Crippen LogP contribution in [-0.2, 0) is 4.79 Å². The molecule has 2 rings (SSSR count). The molecule has 0 spiro atoms. The van der Waals surface area contributed by atoms with Crippen molar-refractivity contribution >= 4 is 11.9 Å². The van der Waals surface area contributed by atoms with E-state index in [0.29, 0.717) is 11.8 Å². The molecule has 17 heavy (non-hydrogen) atoms. The van der Waals surface area contributed by atoms with Crippen LogP contribution in [0.25, 0.3) is 0 Å². The minimum Gasteiger partial charge on any atom is -0.481 e. The van der Waals surface area contributed by atoms with E-state index in [1.807, 2.05) is 4.90 Å². The fraction of sp³-hybridized carbons (Fsp3) is 0.545. The van der Waals surface area contributed by atoms with E-state index < -0.39 is 0 Å². The molecule has 6 heteroatoms. The largest absolute Gasteiger partial charge is 0.481 e. The van der Waals surface area contributed by atoms with Crippen LogP contribution in [0.3, 0.4) is 0 Å². The molecule has 0 saturated carbocycles. The number of ether oxygens (including phenoxy) is 1. The molecule has 2 heterocycles. The van der Waals surface area contributed by atoms with E-state index in [1.54, 1.807) is 26.4 Å². The van der Waals surface area contributed by atoms with Crippen molar-refractivity contribution in [1.82, 2.24) is 15.3 Å². The van der Waals surface area contributed by atoms with Crippen molar-refractivity contribution in [2.75, 3.05) is 25.6 Å². The van der Waals surface area contributed by atoms with E-state index in [9.17, 15) is 4.79 Å². The van der Waals surface area contributed by atoms with Gasteiger partial charge in [0.1, 0.15) is 6.04 Å². The zero-order valence-corrected chi connectivity index (χ0v) is 10.0. The SMILES string of the molecule is CNC(=O)C1CCCN1c1nccc(OC)n1. The minimum absolute atomic E-state index is 0.00826. The molecular weight excluding hydrogens is 220 g/mol. The second-order valence-corrected chi connectivity index (χ2v) is 3.86. The van der Waals surface area contributed by atoms with Gasteiger partial charge in [-0.25, -0.2) is 4.98 Å². The fourth-order valence-corrected chi connectivity index (χ4v) is 2.03. The minimum atomic E-state index is -0.174. The van der Waals surface area contributed by atoms with Gasteiger partial charge < -0.3 is 15.0 Å². The molecule has 6 nitrogen and oxygen atoms in total. The summed E-state index contributed by atoms with van der Waals surface area (Å²) in [5.41, 5.74) is 0. The van der Waals surface area contributed by atoms with E-state index in [4.69, 9.17) is 4.74 Å². The number of nitrogens with zero attached hydrogens (tertiary/aromatic N) is 3. The molecule has 1 atom stereocenters. The van der Waals surface area contributed by atoms with E-state index in [1.165, 1.54) is 0 Å². The summed E-state index contributed by atoms with van der Waals surface area (Å²) in [5, 5.41) is 2.67. The Hall–Kier alpha value is -1.85. The topological polar surface area (TPSA) is 67.4 Å². The van der Waals surface area contributed by atoms with E-state index in [0.717, 1.165) is 19.4 Å². The summed E-state index contributed by atoms with van der Waals surface area (Å²) in [6, 6.07) is 1.51. The van der Waals surface area contributed by atoms with Gasteiger partial charge >= 0.3 is 0 Å². The van der Waals surface area contributed by atoms with E-state index in [2.05, 4.69) is 15.3 Å². The highest BCUT2D eigenvalue weighted by molar-refractivity contribution is 5.85. The third-order valence-electron chi connectivity index (χ3n) is 2.89. The molecule has 1 aliphatic rings. The van der Waals surface area contributed by atoms with Gasteiger partial charge in [-0.2, -0.15) is 4.98 Å². The predicted molar refractivity (Wildman–Crippen MR) is 63.0 cm³/mol. The Kier molecular flexibility index (Phi) is 3.41. The standard InChI is InChI=1S/C11H16N4O2/c1-12-10(16)8-4-3-7-15(8)11-13-6-5-9(14-11)17-2/h5-6,8H,3-4,7H2,1-2H3,(H,12,16). The van der Waals surface area contributed by atoms with Crippen molar-refractivity contribution in [3.8, 4) is 5.88 Å². The van der Waals surface area contributed by atoms with Crippen molar-refractivity contribution < 1.29 is 9.53 Å². The molecule has 0 aromatic carbocycles. The number of anilines is 1. The smallest absolute Gasteiger partial charge is 0.242 e. The first-order chi connectivity index (χ1) is 8.26. The summed E-state index contributed by atoms with van der Waals surface area (Å²) >= 11 is 0. The molecule has 1 aromatic heterocycles. The quantitative estimate of drug-likeness (QED) is 0.812. The van der Waals surface area contributed by atoms with Crippen LogP contribution in [0.5, 0.6) is 5.88 Å². The lowest BCUT2D eigenvalue weighted by Gasteiger charge is -2.23. The van der Waals surface area contributed by atoms with Crippen molar-refractivity contribution in [2.45, 2.75) is 18.9 Å². The highest BCUT2D eigenvalue weighted by atomic mass is 16.5. The molecule has 1 N–H and O–H groups in total. The highest BCUT2D eigenvalue weighted by Gasteiger charge is 2.31. The van der Waals surface area contributed by atoms with Gasteiger partial charge in [-0.3, -0.25) is 4.79 Å². The van der Waals surface area contributed by atoms with Gasteiger partial charge in [0.15, 0.2) is 0 Å². The van der Waals surface area contributed by atoms with Gasteiger partial charge in [0.05, 0.1) is 7.11 Å². The predicted octanol–water partition coefficient (Wildman–Crippen LogP) is 0.200. The second kappa shape index (κ2) is 4.99. The first kappa shape index (κ1) is 11.6. The van der Waals surface area contributed by atoms with Crippen LogP contribution in [-0.4, -0.2) is 42.6 Å². The zero-order valence-electron chi connectivity index (χ0n) is 10.0. The van der Waals surface area contributed by atoms with Crippen LogP contribution >= 0.6 is 0 Å². The van der Waals surface area contributed by atoms with Crippen LogP contribution in [0.1, 0.15) is 12.8 Å². The second-order valence-electron chi connectivity index (χ2n) is 3.86. The Labute approximate surface area is 100 Å². The lowest BCUT2D eigenvalue weighted by Crippen LogP contribution is -2.42. The molecule has 1 amide bonds. The third kappa shape index (κ3) is 2.30. The molecular formula is C11H16N4O2. The molecule has 0 bridgehead atoms. The lowest BCUT2D eigenvalue weighted by atomic mass is 10.2. The van der Waals surface area contributed by atoms with Gasteiger partial charge in [0, 0.05) is 25.9 Å². The molecule has 1 saturated heterocycles. The number of carbonyl (C=O) groups is 1. The first-order valence-electron chi connectivity index (χ1n) is 5.61. The third-order valence-corrected chi connectivity index (χ3v) is 2.89. The molecule has 0 aliphatic carbocycles. The Morgan fingerprint density at radius 3 is 3.18 bits per heavy atom. The summed E-state index contributed by atoms with van der Waals surface area (Å²) in [6.45, 7) is 0.797. The molecule has 1 aliphatic heterocycles. The monoisotopic (exact) mass is 236 g/mol. The maximum atomic E-state index is 11.7. The van der Waals surface area contributed by atoms with E-state index in [-0.39, 0.29) is 11.9 Å². The van der Waals surface area contributed by atoms with Gasteiger partial charge in [-0.15, -0.1) is 0 Å². The van der Waals surface area contributed by atoms with Crippen LogP contribution in [0.4, 0.5) is 5.95 Å². The van der Waals surface area contributed by atoms with Gasteiger partial charge in [-0.05, 0) is 12.8 Å². The number of hydrogen-bond acceptors (Lipinski definition) is 5. The Bertz CT molecular complexity index is 410. The summed E-state index contributed by atoms with van der Waals surface area (Å²) in [5.74, 6) is 1.07. The maximum Gasteiger partial charge on any atom is 0.242 e. The number of nitrogens with one attached hydrogen (secondary N) is 1. The average Bonchev–Trinajstić information content (AvgIpc) is 2.87. The number of carbonyl (C=O) groups excluding carboxylic acids is 1. The summed E-state index contributed by atoms with van der Waals surface area (Å²) in [4.78, 5) is 22.1. The van der Waals surface area contributed by atoms with Crippen LogP contribution < -0.4 is 15.0 Å². The van der Waals surface area contributed by atoms with Crippen LogP contribution in [0, 0.1) is 0 Å². The van der Waals surface area contributed by atoms with Crippen molar-refractivity contribution in [1.29, 1.82) is 0 Å². The first-order valence-corrected chi connectivity index (χ1v) is 5.61. The Balaban J connectivity index is 2.22. The maximum absolute atomic E-state index is 11.7. The van der Waals surface area contributed by atoms with Crippen molar-refractivity contribution in [3.05, 3.63) is 12.3 Å². The van der Waals surface area contributed by atoms with Crippen LogP contribution in [0.2, 0.25) is 0 Å². The summed E-state index contributed by atoms with van der Waals surface area (Å²) in [6.07, 6.45) is 3.44. The number of amides is 1. The lowest BCUT2D eigenvalue weighted by molar-refractivity contribution is -0.121. The van der Waals surface area contributed by atoms with Crippen LogP contribution in [0.15, 0.2) is 12.3 Å². The average molecular weight is 236 g/mol. The Morgan fingerprint density at radius 1 is 1.65 bits per heavy atom. The summed E-state index contributed by atoms with van der Waals surface area (Å²) in [7, 11) is 3.21. The van der Waals surface area contributed by atoms with Crippen molar-refractivity contribution in [2.24, 2.45) is 0 Å². The van der Waals surface area contributed by atoms with E-state index >= 15 is 0 Å². The van der Waals surface area contributed by atoms with Crippen molar-refractivity contribution in [3.63, 3.8) is 0 Å². The molecule has 1 aromatic rings. The Morgan fingerprint density at radius 2 is 2.47 bits per heavy atom. The van der Waals surface area contributed by atoms with Gasteiger partial charge in [0.2, 0.25) is 17.7 Å². The molecule has 1 unspecified atom stereocenters. The number of likely N-dealkylation sites (N-methyl/N-ethyl adjacent to an activating group) is 1. The number of hydrogen-bond donors (Lipinski definition) is 1. The number of rotatable bonds is 3. The molecule has 1 fully saturated rings. The van der Waals surface area contributed by atoms with Gasteiger partial charge in [-0.1, -0.05) is 0 Å². The summed E-state index contributed by atoms with van der Waals surface area (Å²) < 4.78 is 5.06. The number of methoxy groups -OCH3 is 1.